The second-order valence-electron chi connectivity index (χ2n) is 9.59. The lowest BCUT2D eigenvalue weighted by molar-refractivity contribution is -0.133. The number of ether oxygens (including phenoxy) is 3. The minimum atomic E-state index is -0.439. The second kappa shape index (κ2) is 11.9. The van der Waals surface area contributed by atoms with Gasteiger partial charge in [0.25, 0.3) is 0 Å². The largest absolute Gasteiger partial charge is 0.464 e. The third-order valence-electron chi connectivity index (χ3n) is 6.61. The minimum Gasteiger partial charge on any atom is -0.464 e. The Kier molecular flexibility index (Phi) is 7.99. The highest BCUT2D eigenvalue weighted by Gasteiger charge is 2.27. The molecule has 0 bridgehead atoms. The van der Waals surface area contributed by atoms with E-state index in [1.165, 1.54) is 4.90 Å². The highest BCUT2D eigenvalue weighted by Crippen LogP contribution is 2.33. The van der Waals surface area contributed by atoms with Crippen LogP contribution in [0.5, 0.6) is 11.5 Å². The summed E-state index contributed by atoms with van der Waals surface area (Å²) in [6, 6.07) is 17.5. The number of nitrogens with one attached hydrogen (secondary N) is 1. The summed E-state index contributed by atoms with van der Waals surface area (Å²) < 4.78 is 22.4. The number of benzene rings is 2. The maximum absolute atomic E-state index is 13.8. The Labute approximate surface area is 226 Å². The fourth-order valence-electron chi connectivity index (χ4n) is 4.64. The number of rotatable bonds is 9. The van der Waals surface area contributed by atoms with Gasteiger partial charge in [-0.1, -0.05) is 12.1 Å². The first-order chi connectivity index (χ1) is 19.0. The fraction of sp³-hybridized carbons (Fsp3) is 0.345. The van der Waals surface area contributed by atoms with E-state index in [2.05, 4.69) is 11.4 Å². The molecule has 2 aliphatic rings. The van der Waals surface area contributed by atoms with Crippen LogP contribution in [0, 0.1) is 18.3 Å². The van der Waals surface area contributed by atoms with Gasteiger partial charge in [0, 0.05) is 25.4 Å². The van der Waals surface area contributed by atoms with Crippen molar-refractivity contribution in [1.29, 1.82) is 5.26 Å². The molecule has 10 nitrogen and oxygen atoms in total. The van der Waals surface area contributed by atoms with Crippen LogP contribution in [-0.2, 0) is 22.6 Å². The monoisotopic (exact) mass is 530 g/mol. The van der Waals surface area contributed by atoms with Crippen molar-refractivity contribution in [2.75, 3.05) is 31.8 Å². The third kappa shape index (κ3) is 6.69. The Balaban J connectivity index is 1.35. The molecule has 10 heteroatoms. The molecule has 3 amide bonds. The van der Waals surface area contributed by atoms with Crippen molar-refractivity contribution in [3.05, 3.63) is 77.2 Å². The average molecular weight is 531 g/mol. The number of hydrogen-bond donors (Lipinski definition) is 1. The van der Waals surface area contributed by atoms with Crippen LogP contribution in [0.25, 0.3) is 0 Å². The van der Waals surface area contributed by atoms with E-state index >= 15 is 0 Å². The molecule has 3 heterocycles. The van der Waals surface area contributed by atoms with Crippen molar-refractivity contribution < 1.29 is 28.2 Å². The lowest BCUT2D eigenvalue weighted by atomic mass is 10.1. The molecule has 1 atom stereocenters. The summed E-state index contributed by atoms with van der Waals surface area (Å²) in [4.78, 5) is 30.2. The van der Waals surface area contributed by atoms with E-state index in [0.29, 0.717) is 35.1 Å². The second-order valence-corrected chi connectivity index (χ2v) is 9.59. The summed E-state index contributed by atoms with van der Waals surface area (Å²) in [6.07, 6.45) is 1.57. The van der Waals surface area contributed by atoms with Crippen molar-refractivity contribution in [3.8, 4) is 17.6 Å². The lowest BCUT2D eigenvalue weighted by Gasteiger charge is -2.29. The van der Waals surface area contributed by atoms with Gasteiger partial charge in [0.2, 0.25) is 12.7 Å². The van der Waals surface area contributed by atoms with Crippen molar-refractivity contribution in [2.45, 2.75) is 39.0 Å². The maximum atomic E-state index is 13.8. The molecular weight excluding hydrogens is 500 g/mol. The van der Waals surface area contributed by atoms with E-state index in [-0.39, 0.29) is 45.0 Å². The molecule has 0 spiro atoms. The zero-order valence-electron chi connectivity index (χ0n) is 21.7. The first-order valence-corrected chi connectivity index (χ1v) is 12.9. The van der Waals surface area contributed by atoms with E-state index in [9.17, 15) is 14.9 Å². The van der Waals surface area contributed by atoms with Crippen molar-refractivity contribution in [1.82, 2.24) is 9.80 Å². The Hall–Kier alpha value is -4.49. The SMILES string of the molecule is Cc1ccc(CN(Cc2ccc3c(c2)OCO3)C(=O)CN(CC2CCCO2)C(=O)Nc2cccc(C#N)c2)o1. The molecule has 39 heavy (non-hydrogen) atoms. The van der Waals surface area contributed by atoms with Gasteiger partial charge in [0.05, 0.1) is 24.3 Å². The smallest absolute Gasteiger partial charge is 0.322 e. The number of carbonyl (C=O) groups excluding carboxylic acids is 2. The number of nitrogens with zero attached hydrogens (tertiary/aromatic N) is 3. The number of amides is 3. The standard InChI is InChI=1S/C29H30N4O6/c1-20-7-9-25(39-20)17-32(15-22-8-10-26-27(13-22)38-19-37-26)28(34)18-33(16-24-6-3-11-36-24)29(35)31-23-5-2-4-21(12-23)14-30/h2,4-5,7-10,12-13,24H,3,6,11,15-19H2,1H3,(H,31,35). The zero-order valence-corrected chi connectivity index (χ0v) is 21.7. The van der Waals surface area contributed by atoms with Crippen LogP contribution in [-0.4, -0.2) is 54.3 Å². The van der Waals surface area contributed by atoms with Gasteiger partial charge >= 0.3 is 6.03 Å². The van der Waals surface area contributed by atoms with Crippen molar-refractivity contribution in [3.63, 3.8) is 0 Å². The van der Waals surface area contributed by atoms with Crippen LogP contribution in [0.1, 0.15) is 35.5 Å². The fourth-order valence-corrected chi connectivity index (χ4v) is 4.64. The van der Waals surface area contributed by atoms with Gasteiger partial charge in [-0.15, -0.1) is 0 Å². The molecule has 2 aromatic carbocycles. The molecule has 5 rings (SSSR count). The molecule has 202 valence electrons. The van der Waals surface area contributed by atoms with Gasteiger partial charge in [-0.2, -0.15) is 5.26 Å². The van der Waals surface area contributed by atoms with Gasteiger partial charge < -0.3 is 33.7 Å². The molecule has 3 aromatic rings. The van der Waals surface area contributed by atoms with E-state index < -0.39 is 6.03 Å². The van der Waals surface area contributed by atoms with E-state index in [0.717, 1.165) is 24.2 Å². The molecule has 1 N–H and O–H groups in total. The topological polar surface area (TPSA) is 117 Å². The van der Waals surface area contributed by atoms with E-state index in [1.807, 2.05) is 37.3 Å². The number of aryl methyl sites for hydroxylation is 1. The number of fused-ring (bicyclic) bond motifs is 1. The van der Waals surface area contributed by atoms with Gasteiger partial charge in [-0.25, -0.2) is 4.79 Å². The van der Waals surface area contributed by atoms with Crippen LogP contribution in [0.15, 0.2) is 59.0 Å². The molecule has 2 aliphatic heterocycles. The molecule has 1 unspecified atom stereocenters. The Morgan fingerprint density at radius 1 is 1.05 bits per heavy atom. The molecule has 1 fully saturated rings. The Bertz CT molecular complexity index is 1370. The van der Waals surface area contributed by atoms with Crippen molar-refractivity contribution >= 4 is 17.6 Å². The number of furan rings is 1. The highest BCUT2D eigenvalue weighted by atomic mass is 16.7. The normalized spacial score (nSPS) is 15.5. The quantitative estimate of drug-likeness (QED) is 0.435. The van der Waals surface area contributed by atoms with Crippen LogP contribution in [0.2, 0.25) is 0 Å². The van der Waals surface area contributed by atoms with Gasteiger partial charge in [-0.05, 0) is 67.8 Å². The summed E-state index contributed by atoms with van der Waals surface area (Å²) in [7, 11) is 0. The predicted molar refractivity (Wildman–Crippen MR) is 141 cm³/mol. The van der Waals surface area contributed by atoms with E-state index in [4.69, 9.17) is 18.6 Å². The third-order valence-corrected chi connectivity index (χ3v) is 6.61. The minimum absolute atomic E-state index is 0.149. The van der Waals surface area contributed by atoms with Crippen LogP contribution in [0.3, 0.4) is 0 Å². The van der Waals surface area contributed by atoms with E-state index in [1.54, 1.807) is 29.2 Å². The number of nitriles is 1. The van der Waals surface area contributed by atoms with Crippen LogP contribution < -0.4 is 14.8 Å². The first-order valence-electron chi connectivity index (χ1n) is 12.9. The number of hydrogen-bond acceptors (Lipinski definition) is 7. The summed E-state index contributed by atoms with van der Waals surface area (Å²) in [5.41, 5.74) is 1.77. The molecule has 0 aliphatic carbocycles. The Morgan fingerprint density at radius 2 is 1.92 bits per heavy atom. The van der Waals surface area contributed by atoms with Crippen molar-refractivity contribution in [2.24, 2.45) is 0 Å². The van der Waals surface area contributed by atoms with Crippen LogP contribution >= 0.6 is 0 Å². The zero-order chi connectivity index (χ0) is 27.2. The van der Waals surface area contributed by atoms with Crippen LogP contribution in [0.4, 0.5) is 10.5 Å². The van der Waals surface area contributed by atoms with Gasteiger partial charge in [-0.3, -0.25) is 4.79 Å². The predicted octanol–water partition coefficient (Wildman–Crippen LogP) is 4.43. The summed E-state index contributed by atoms with van der Waals surface area (Å²) >= 11 is 0. The number of carbonyl (C=O) groups is 2. The highest BCUT2D eigenvalue weighted by molar-refractivity contribution is 5.92. The molecule has 0 radical (unpaired) electrons. The van der Waals surface area contributed by atoms with Gasteiger partial charge in [0.15, 0.2) is 11.5 Å². The maximum Gasteiger partial charge on any atom is 0.322 e. The Morgan fingerprint density at radius 3 is 2.69 bits per heavy atom. The number of urea groups is 1. The molecule has 0 saturated carbocycles. The molecule has 1 saturated heterocycles. The molecule has 1 aromatic heterocycles. The first kappa shape index (κ1) is 26.1. The lowest BCUT2D eigenvalue weighted by Crippen LogP contribution is -2.46. The molecular formula is C29H30N4O6. The average Bonchev–Trinajstić information content (AvgIpc) is 3.70. The summed E-state index contributed by atoms with van der Waals surface area (Å²) in [6.45, 7) is 3.28. The summed E-state index contributed by atoms with van der Waals surface area (Å²) in [5, 5.41) is 12.0. The summed E-state index contributed by atoms with van der Waals surface area (Å²) in [5.74, 6) is 2.44. The van der Waals surface area contributed by atoms with Gasteiger partial charge in [0.1, 0.15) is 18.1 Å². The number of anilines is 1.